The molecular weight excluding hydrogens is 405 g/mol. The minimum Gasteiger partial charge on any atom is -0.365 e. The molecule has 3 aromatic rings. The van der Waals surface area contributed by atoms with Crippen LogP contribution in [0, 0.1) is 5.82 Å². The summed E-state index contributed by atoms with van der Waals surface area (Å²) in [4.78, 5) is 27.8. The second-order valence-electron chi connectivity index (χ2n) is 7.23. The van der Waals surface area contributed by atoms with Crippen molar-refractivity contribution < 1.29 is 9.18 Å². The average Bonchev–Trinajstić information content (AvgIpc) is 2.77. The number of pyridine rings is 1. The Morgan fingerprint density at radius 1 is 1.17 bits per heavy atom. The average molecular weight is 426 g/mol. The summed E-state index contributed by atoms with van der Waals surface area (Å²) >= 11 is 5.91. The SMILES string of the molecule is CC1C(Nc2ccc(Cl)cn2)CCCN1C(=O)c1c(F)cccc1-c1ncccn1. The number of nitrogens with zero attached hydrogens (tertiary/aromatic N) is 4. The summed E-state index contributed by atoms with van der Waals surface area (Å²) in [6.07, 6.45) is 6.40. The molecule has 0 radical (unpaired) electrons. The van der Waals surface area contributed by atoms with Crippen LogP contribution in [0.15, 0.2) is 55.0 Å². The molecule has 4 rings (SSSR count). The summed E-state index contributed by atoms with van der Waals surface area (Å²) in [7, 11) is 0. The van der Waals surface area contributed by atoms with Crippen LogP contribution < -0.4 is 5.32 Å². The molecule has 1 aliphatic rings. The monoisotopic (exact) mass is 425 g/mol. The summed E-state index contributed by atoms with van der Waals surface area (Å²) in [5, 5.41) is 3.93. The van der Waals surface area contributed by atoms with Crippen LogP contribution in [0.5, 0.6) is 0 Å². The van der Waals surface area contributed by atoms with E-state index >= 15 is 0 Å². The number of piperidine rings is 1. The number of amides is 1. The molecule has 30 heavy (non-hydrogen) atoms. The van der Waals surface area contributed by atoms with Crippen LogP contribution in [0.1, 0.15) is 30.1 Å². The van der Waals surface area contributed by atoms with Crippen LogP contribution in [0.2, 0.25) is 5.02 Å². The van der Waals surface area contributed by atoms with E-state index in [4.69, 9.17) is 11.6 Å². The van der Waals surface area contributed by atoms with Gasteiger partial charge in [-0.2, -0.15) is 0 Å². The molecule has 0 bridgehead atoms. The second kappa shape index (κ2) is 8.75. The Bertz CT molecular complexity index is 1030. The number of aromatic nitrogens is 3. The lowest BCUT2D eigenvalue weighted by Gasteiger charge is -2.40. The molecule has 154 valence electrons. The molecule has 1 amide bonds. The van der Waals surface area contributed by atoms with E-state index in [2.05, 4.69) is 20.3 Å². The van der Waals surface area contributed by atoms with Crippen molar-refractivity contribution in [2.75, 3.05) is 11.9 Å². The number of likely N-dealkylation sites (tertiary alicyclic amines) is 1. The third-order valence-corrected chi connectivity index (χ3v) is 5.57. The van der Waals surface area contributed by atoms with Gasteiger partial charge in [0.25, 0.3) is 5.91 Å². The lowest BCUT2D eigenvalue weighted by molar-refractivity contribution is 0.0612. The van der Waals surface area contributed by atoms with Gasteiger partial charge in [0.1, 0.15) is 11.6 Å². The maximum Gasteiger partial charge on any atom is 0.257 e. The summed E-state index contributed by atoms with van der Waals surface area (Å²) in [6, 6.07) is 9.60. The van der Waals surface area contributed by atoms with E-state index in [0.29, 0.717) is 28.8 Å². The number of halogens is 2. The summed E-state index contributed by atoms with van der Waals surface area (Å²) < 4.78 is 14.8. The van der Waals surface area contributed by atoms with Crippen molar-refractivity contribution in [3.05, 3.63) is 71.4 Å². The number of anilines is 1. The quantitative estimate of drug-likeness (QED) is 0.669. The van der Waals surface area contributed by atoms with E-state index in [0.717, 1.165) is 12.8 Å². The molecule has 2 aromatic heterocycles. The fourth-order valence-corrected chi connectivity index (χ4v) is 3.90. The Balaban J connectivity index is 1.61. The van der Waals surface area contributed by atoms with E-state index in [-0.39, 0.29) is 23.6 Å². The Hall–Kier alpha value is -3.06. The number of benzene rings is 1. The molecule has 2 unspecified atom stereocenters. The third kappa shape index (κ3) is 4.11. The first-order chi connectivity index (χ1) is 14.5. The van der Waals surface area contributed by atoms with Gasteiger partial charge in [0, 0.05) is 42.8 Å². The molecule has 1 aliphatic heterocycles. The first-order valence-electron chi connectivity index (χ1n) is 9.79. The third-order valence-electron chi connectivity index (χ3n) is 5.34. The molecule has 1 aromatic carbocycles. The van der Waals surface area contributed by atoms with Crippen molar-refractivity contribution >= 4 is 23.3 Å². The van der Waals surface area contributed by atoms with Gasteiger partial charge in [0.15, 0.2) is 5.82 Å². The van der Waals surface area contributed by atoms with Crippen molar-refractivity contribution in [2.45, 2.75) is 31.8 Å². The number of hydrogen-bond donors (Lipinski definition) is 1. The topological polar surface area (TPSA) is 71.0 Å². The highest BCUT2D eigenvalue weighted by atomic mass is 35.5. The van der Waals surface area contributed by atoms with Crippen LogP contribution in [0.3, 0.4) is 0 Å². The Kier molecular flexibility index (Phi) is 5.90. The predicted molar refractivity (Wildman–Crippen MR) is 114 cm³/mol. The zero-order chi connectivity index (χ0) is 21.1. The van der Waals surface area contributed by atoms with Gasteiger partial charge in [0.05, 0.1) is 10.6 Å². The molecule has 3 heterocycles. The smallest absolute Gasteiger partial charge is 0.257 e. The molecule has 1 N–H and O–H groups in total. The van der Waals surface area contributed by atoms with Crippen molar-refractivity contribution in [3.63, 3.8) is 0 Å². The van der Waals surface area contributed by atoms with Crippen LogP contribution in [-0.2, 0) is 0 Å². The van der Waals surface area contributed by atoms with E-state index in [1.165, 1.54) is 6.07 Å². The fourth-order valence-electron chi connectivity index (χ4n) is 3.78. The first kappa shape index (κ1) is 20.2. The van der Waals surface area contributed by atoms with Crippen LogP contribution in [0.4, 0.5) is 10.2 Å². The number of nitrogens with one attached hydrogen (secondary N) is 1. The van der Waals surface area contributed by atoms with E-state index in [1.54, 1.807) is 53.8 Å². The second-order valence-corrected chi connectivity index (χ2v) is 7.67. The van der Waals surface area contributed by atoms with Gasteiger partial charge in [0.2, 0.25) is 0 Å². The largest absolute Gasteiger partial charge is 0.365 e. The highest BCUT2D eigenvalue weighted by Crippen LogP contribution is 2.28. The minimum absolute atomic E-state index is 0.000757. The molecule has 0 spiro atoms. The molecule has 1 saturated heterocycles. The molecule has 0 aliphatic carbocycles. The van der Waals surface area contributed by atoms with Crippen LogP contribution in [0.25, 0.3) is 11.4 Å². The fraction of sp³-hybridized carbons (Fsp3) is 0.273. The van der Waals surface area contributed by atoms with E-state index < -0.39 is 5.82 Å². The molecule has 2 atom stereocenters. The van der Waals surface area contributed by atoms with Crippen molar-refractivity contribution in [3.8, 4) is 11.4 Å². The summed E-state index contributed by atoms with van der Waals surface area (Å²) in [6.45, 7) is 2.51. The van der Waals surface area contributed by atoms with Crippen molar-refractivity contribution in [1.29, 1.82) is 0 Å². The molecule has 1 fully saturated rings. The number of carbonyl (C=O) groups excluding carboxylic acids is 1. The molecular formula is C22H21ClFN5O. The summed E-state index contributed by atoms with van der Waals surface area (Å²) in [5.74, 6) is 0.0742. The Morgan fingerprint density at radius 3 is 2.70 bits per heavy atom. The Morgan fingerprint density at radius 2 is 1.97 bits per heavy atom. The molecule has 6 nitrogen and oxygen atoms in total. The summed E-state index contributed by atoms with van der Waals surface area (Å²) in [5.41, 5.74) is 0.392. The molecule has 8 heteroatoms. The number of hydrogen-bond acceptors (Lipinski definition) is 5. The van der Waals surface area contributed by atoms with Gasteiger partial charge in [-0.25, -0.2) is 19.3 Å². The lowest BCUT2D eigenvalue weighted by Crippen LogP contribution is -2.52. The van der Waals surface area contributed by atoms with Crippen molar-refractivity contribution in [2.24, 2.45) is 0 Å². The van der Waals surface area contributed by atoms with Gasteiger partial charge in [-0.15, -0.1) is 0 Å². The van der Waals surface area contributed by atoms with Crippen LogP contribution >= 0.6 is 11.6 Å². The van der Waals surface area contributed by atoms with Gasteiger partial charge in [-0.3, -0.25) is 4.79 Å². The lowest BCUT2D eigenvalue weighted by atomic mass is 9.95. The Labute approximate surface area is 179 Å². The van der Waals surface area contributed by atoms with Crippen molar-refractivity contribution in [1.82, 2.24) is 19.9 Å². The highest BCUT2D eigenvalue weighted by Gasteiger charge is 2.34. The number of rotatable bonds is 4. The zero-order valence-corrected chi connectivity index (χ0v) is 17.2. The molecule has 0 saturated carbocycles. The maximum atomic E-state index is 14.8. The van der Waals surface area contributed by atoms with E-state index in [1.807, 2.05) is 6.92 Å². The van der Waals surface area contributed by atoms with Gasteiger partial charge in [-0.1, -0.05) is 23.7 Å². The van der Waals surface area contributed by atoms with Crippen LogP contribution in [-0.4, -0.2) is 44.4 Å². The van der Waals surface area contributed by atoms with Gasteiger partial charge in [-0.05, 0) is 44.0 Å². The maximum absolute atomic E-state index is 14.8. The first-order valence-corrected chi connectivity index (χ1v) is 10.2. The van der Waals surface area contributed by atoms with E-state index in [9.17, 15) is 9.18 Å². The zero-order valence-electron chi connectivity index (χ0n) is 16.4. The predicted octanol–water partition coefficient (Wildman–Crippen LogP) is 4.44. The number of carbonyl (C=O) groups is 1. The standard InChI is InChI=1S/C22H21ClFN5O/c1-14-18(28-19-9-8-15(23)13-27-19)7-3-12-29(14)22(30)20-16(5-2-6-17(20)24)21-25-10-4-11-26-21/h2,4-6,8-11,13-14,18H,3,7,12H2,1H3,(H,27,28). The minimum atomic E-state index is -0.577. The highest BCUT2D eigenvalue weighted by molar-refractivity contribution is 6.30. The van der Waals surface area contributed by atoms with Gasteiger partial charge >= 0.3 is 0 Å². The normalized spacial score (nSPS) is 18.8. The van der Waals surface area contributed by atoms with Gasteiger partial charge < -0.3 is 10.2 Å².